The van der Waals surface area contributed by atoms with Gasteiger partial charge in [-0.1, -0.05) is 37.5 Å². The summed E-state index contributed by atoms with van der Waals surface area (Å²) in [5.74, 6) is 0. The summed E-state index contributed by atoms with van der Waals surface area (Å²) in [5, 5.41) is 0. The SMILES string of the molecule is C=C/C=C\c1ncc(C(=C)/C=C\C)cc1C. The van der Waals surface area contributed by atoms with Crippen molar-refractivity contribution in [1.82, 2.24) is 4.98 Å². The van der Waals surface area contributed by atoms with Gasteiger partial charge in [0.05, 0.1) is 5.69 Å². The van der Waals surface area contributed by atoms with Crippen LogP contribution in [-0.4, -0.2) is 4.98 Å². The van der Waals surface area contributed by atoms with Gasteiger partial charge in [-0.25, -0.2) is 0 Å². The van der Waals surface area contributed by atoms with Crippen LogP contribution in [0.15, 0.2) is 49.7 Å². The van der Waals surface area contributed by atoms with Gasteiger partial charge in [-0.2, -0.15) is 0 Å². The fourth-order valence-corrected chi connectivity index (χ4v) is 1.39. The number of rotatable bonds is 4. The number of hydrogen-bond acceptors (Lipinski definition) is 1. The second-order valence-corrected chi connectivity index (χ2v) is 3.55. The summed E-state index contributed by atoms with van der Waals surface area (Å²) in [6, 6.07) is 2.10. The Balaban J connectivity index is 3.03. The summed E-state index contributed by atoms with van der Waals surface area (Å²) < 4.78 is 0. The van der Waals surface area contributed by atoms with Crippen molar-refractivity contribution in [1.29, 1.82) is 0 Å². The molecule has 0 saturated heterocycles. The minimum Gasteiger partial charge on any atom is -0.256 e. The van der Waals surface area contributed by atoms with E-state index in [0.717, 1.165) is 22.4 Å². The summed E-state index contributed by atoms with van der Waals surface area (Å²) >= 11 is 0. The van der Waals surface area contributed by atoms with E-state index in [2.05, 4.69) is 24.2 Å². The Bertz CT molecular complexity index is 451. The highest BCUT2D eigenvalue weighted by Gasteiger charge is 2.00. The Morgan fingerprint density at radius 2 is 2.19 bits per heavy atom. The van der Waals surface area contributed by atoms with Gasteiger partial charge in [-0.15, -0.1) is 0 Å². The minimum absolute atomic E-state index is 0.969. The molecule has 1 aromatic rings. The molecular formula is C15H17N. The Labute approximate surface area is 97.5 Å². The molecule has 0 amide bonds. The number of hydrogen-bond donors (Lipinski definition) is 0. The van der Waals surface area contributed by atoms with Crippen LogP contribution in [-0.2, 0) is 0 Å². The zero-order chi connectivity index (χ0) is 12.0. The molecule has 1 aromatic heterocycles. The van der Waals surface area contributed by atoms with Gasteiger partial charge in [0.1, 0.15) is 0 Å². The van der Waals surface area contributed by atoms with Gasteiger partial charge in [0.25, 0.3) is 0 Å². The first-order chi connectivity index (χ1) is 7.69. The number of aryl methyl sites for hydroxylation is 1. The lowest BCUT2D eigenvalue weighted by Gasteiger charge is -2.04. The highest BCUT2D eigenvalue weighted by molar-refractivity contribution is 5.72. The van der Waals surface area contributed by atoms with Crippen molar-refractivity contribution in [3.63, 3.8) is 0 Å². The lowest BCUT2D eigenvalue weighted by molar-refractivity contribution is 1.22. The van der Waals surface area contributed by atoms with Gasteiger partial charge in [0.15, 0.2) is 0 Å². The van der Waals surface area contributed by atoms with Crippen molar-refractivity contribution in [3.05, 3.63) is 66.5 Å². The monoisotopic (exact) mass is 211 g/mol. The molecule has 0 spiro atoms. The summed E-state index contributed by atoms with van der Waals surface area (Å²) in [6.07, 6.45) is 11.4. The topological polar surface area (TPSA) is 12.9 Å². The molecule has 1 heterocycles. The molecule has 0 radical (unpaired) electrons. The molecular weight excluding hydrogens is 194 g/mol. The molecule has 1 rings (SSSR count). The van der Waals surface area contributed by atoms with Crippen LogP contribution >= 0.6 is 0 Å². The summed E-state index contributed by atoms with van der Waals surface area (Å²) in [7, 11) is 0. The molecule has 0 fully saturated rings. The highest BCUT2D eigenvalue weighted by Crippen LogP contribution is 2.16. The molecule has 0 aliphatic heterocycles. The number of allylic oxidation sites excluding steroid dienone is 5. The van der Waals surface area contributed by atoms with Crippen LogP contribution in [0.25, 0.3) is 11.6 Å². The molecule has 0 aromatic carbocycles. The maximum absolute atomic E-state index is 4.39. The third kappa shape index (κ3) is 3.06. The van der Waals surface area contributed by atoms with E-state index in [1.165, 1.54) is 0 Å². The first-order valence-electron chi connectivity index (χ1n) is 5.26. The maximum atomic E-state index is 4.39. The zero-order valence-electron chi connectivity index (χ0n) is 9.90. The summed E-state index contributed by atoms with van der Waals surface area (Å²) in [4.78, 5) is 4.39. The molecule has 0 saturated carbocycles. The van der Waals surface area contributed by atoms with Crippen LogP contribution in [0.1, 0.15) is 23.7 Å². The van der Waals surface area contributed by atoms with E-state index in [9.17, 15) is 0 Å². The van der Waals surface area contributed by atoms with Crippen LogP contribution in [0, 0.1) is 6.92 Å². The molecule has 16 heavy (non-hydrogen) atoms. The molecule has 0 atom stereocenters. The fraction of sp³-hybridized carbons (Fsp3) is 0.133. The Hall–Kier alpha value is -1.89. The number of pyridine rings is 1. The molecule has 1 heteroatoms. The van der Waals surface area contributed by atoms with Crippen LogP contribution in [0.4, 0.5) is 0 Å². The van der Waals surface area contributed by atoms with E-state index in [1.54, 1.807) is 6.08 Å². The molecule has 0 N–H and O–H groups in total. The maximum Gasteiger partial charge on any atom is 0.0659 e. The van der Waals surface area contributed by atoms with Gasteiger partial charge < -0.3 is 0 Å². The van der Waals surface area contributed by atoms with Gasteiger partial charge >= 0.3 is 0 Å². The second kappa shape index (κ2) is 5.86. The molecule has 0 bridgehead atoms. The zero-order valence-corrected chi connectivity index (χ0v) is 9.90. The third-order valence-electron chi connectivity index (χ3n) is 2.25. The van der Waals surface area contributed by atoms with E-state index in [-0.39, 0.29) is 0 Å². The van der Waals surface area contributed by atoms with Crippen LogP contribution in [0.5, 0.6) is 0 Å². The largest absolute Gasteiger partial charge is 0.256 e. The van der Waals surface area contributed by atoms with E-state index in [4.69, 9.17) is 0 Å². The van der Waals surface area contributed by atoms with Gasteiger partial charge in [-0.05, 0) is 42.7 Å². The molecule has 82 valence electrons. The van der Waals surface area contributed by atoms with Crippen LogP contribution < -0.4 is 0 Å². The first-order valence-corrected chi connectivity index (χ1v) is 5.26. The van der Waals surface area contributed by atoms with Crippen LogP contribution in [0.3, 0.4) is 0 Å². The highest BCUT2D eigenvalue weighted by atomic mass is 14.7. The van der Waals surface area contributed by atoms with Crippen molar-refractivity contribution >= 4 is 11.6 Å². The summed E-state index contributed by atoms with van der Waals surface area (Å²) in [5.41, 5.74) is 4.15. The Morgan fingerprint density at radius 3 is 2.75 bits per heavy atom. The molecule has 0 unspecified atom stereocenters. The van der Waals surface area contributed by atoms with E-state index in [0.29, 0.717) is 0 Å². The predicted molar refractivity (Wildman–Crippen MR) is 72.1 cm³/mol. The Kier molecular flexibility index (Phi) is 4.46. The van der Waals surface area contributed by atoms with Crippen molar-refractivity contribution in [2.45, 2.75) is 13.8 Å². The number of nitrogens with zero attached hydrogens (tertiary/aromatic N) is 1. The quantitative estimate of drug-likeness (QED) is 0.681. The van der Waals surface area contributed by atoms with Crippen molar-refractivity contribution in [2.75, 3.05) is 0 Å². The minimum atomic E-state index is 0.969. The molecule has 1 nitrogen and oxygen atoms in total. The molecule has 0 aliphatic carbocycles. The lowest BCUT2D eigenvalue weighted by Crippen LogP contribution is -1.90. The van der Waals surface area contributed by atoms with E-state index >= 15 is 0 Å². The van der Waals surface area contributed by atoms with Crippen molar-refractivity contribution < 1.29 is 0 Å². The second-order valence-electron chi connectivity index (χ2n) is 3.55. The third-order valence-corrected chi connectivity index (χ3v) is 2.25. The van der Waals surface area contributed by atoms with Gasteiger partial charge in [0, 0.05) is 6.20 Å². The summed E-state index contributed by atoms with van der Waals surface area (Å²) in [6.45, 7) is 11.6. The lowest BCUT2D eigenvalue weighted by atomic mass is 10.1. The molecule has 0 aliphatic rings. The fourth-order valence-electron chi connectivity index (χ4n) is 1.39. The van der Waals surface area contributed by atoms with Crippen molar-refractivity contribution in [3.8, 4) is 0 Å². The van der Waals surface area contributed by atoms with Crippen molar-refractivity contribution in [2.24, 2.45) is 0 Å². The van der Waals surface area contributed by atoms with Gasteiger partial charge in [-0.3, -0.25) is 4.98 Å². The van der Waals surface area contributed by atoms with E-state index in [1.807, 2.05) is 44.3 Å². The normalized spacial score (nSPS) is 11.1. The van der Waals surface area contributed by atoms with Crippen LogP contribution in [0.2, 0.25) is 0 Å². The average molecular weight is 211 g/mol. The number of aromatic nitrogens is 1. The standard InChI is InChI=1S/C15H17N/c1-5-7-9-15-13(4)10-14(11-16-15)12(3)8-6-2/h5-11H,1,3H2,2,4H3/b8-6-,9-7-. The van der Waals surface area contributed by atoms with Gasteiger partial charge in [0.2, 0.25) is 0 Å². The predicted octanol–water partition coefficient (Wildman–Crippen LogP) is 4.18. The Morgan fingerprint density at radius 1 is 1.44 bits per heavy atom. The smallest absolute Gasteiger partial charge is 0.0659 e. The average Bonchev–Trinajstić information content (AvgIpc) is 2.27. The first kappa shape index (κ1) is 12.2. The van der Waals surface area contributed by atoms with E-state index < -0.39 is 0 Å².